The van der Waals surface area contributed by atoms with Crippen molar-refractivity contribution in [2.45, 2.75) is 31.7 Å². The zero-order valence-electron chi connectivity index (χ0n) is 16.5. The molecule has 10 nitrogen and oxygen atoms in total. The Labute approximate surface area is 172 Å². The van der Waals surface area contributed by atoms with Crippen molar-refractivity contribution in [2.24, 2.45) is 5.14 Å². The smallest absolute Gasteiger partial charge is 0.267 e. The molecule has 0 radical (unpaired) electrons. The Hall–Kier alpha value is -3.44. The van der Waals surface area contributed by atoms with Crippen LogP contribution in [0.15, 0.2) is 52.7 Å². The first-order valence-corrected chi connectivity index (χ1v) is 10.6. The van der Waals surface area contributed by atoms with E-state index >= 15 is 0 Å². The summed E-state index contributed by atoms with van der Waals surface area (Å²) >= 11 is 0. The van der Waals surface area contributed by atoms with Gasteiger partial charge in [0.05, 0.1) is 15.8 Å². The second-order valence-electron chi connectivity index (χ2n) is 7.14. The van der Waals surface area contributed by atoms with E-state index < -0.39 is 15.6 Å². The van der Waals surface area contributed by atoms with Crippen molar-refractivity contribution in [1.29, 1.82) is 0 Å². The van der Waals surface area contributed by atoms with Crippen molar-refractivity contribution in [3.63, 3.8) is 0 Å². The summed E-state index contributed by atoms with van der Waals surface area (Å²) < 4.78 is 26.8. The number of nitrogens with zero attached hydrogens (tertiary/aromatic N) is 6. The van der Waals surface area contributed by atoms with Crippen LogP contribution in [0.4, 0.5) is 0 Å². The zero-order chi connectivity index (χ0) is 21.6. The number of rotatable bonds is 4. The van der Waals surface area contributed by atoms with Crippen molar-refractivity contribution < 1.29 is 8.42 Å². The van der Waals surface area contributed by atoms with E-state index in [1.807, 2.05) is 18.4 Å². The number of hydrogen-bond acceptors (Lipinski definition) is 7. The molecule has 1 aromatic carbocycles. The monoisotopic (exact) mass is 425 g/mol. The first-order chi connectivity index (χ1) is 14.2. The predicted octanol–water partition coefficient (Wildman–Crippen LogP) is 1.58. The number of primary sulfonamides is 1. The van der Waals surface area contributed by atoms with Gasteiger partial charge in [-0.3, -0.25) is 9.36 Å². The number of aryl methyl sites for hydroxylation is 1. The number of benzene rings is 1. The largest absolute Gasteiger partial charge is 0.310 e. The van der Waals surface area contributed by atoms with Crippen LogP contribution in [-0.2, 0) is 10.0 Å². The number of nitrogens with two attached hydrogens (primary N) is 1. The van der Waals surface area contributed by atoms with Gasteiger partial charge in [0.15, 0.2) is 5.82 Å². The van der Waals surface area contributed by atoms with Gasteiger partial charge in [-0.15, -0.1) is 10.2 Å². The molecule has 0 spiro atoms. The predicted molar refractivity (Wildman–Crippen MR) is 111 cm³/mol. The highest BCUT2D eigenvalue weighted by molar-refractivity contribution is 7.89. The average Bonchev–Trinajstić information content (AvgIpc) is 3.17. The zero-order valence-corrected chi connectivity index (χ0v) is 17.3. The molecular weight excluding hydrogens is 406 g/mol. The molecule has 11 heteroatoms. The van der Waals surface area contributed by atoms with Gasteiger partial charge in [0.2, 0.25) is 10.0 Å². The minimum Gasteiger partial charge on any atom is -0.310 e. The lowest BCUT2D eigenvalue weighted by Crippen LogP contribution is -2.21. The van der Waals surface area contributed by atoms with Crippen LogP contribution in [0, 0.1) is 6.92 Å². The molecule has 0 atom stereocenters. The Morgan fingerprint density at radius 3 is 2.60 bits per heavy atom. The highest BCUT2D eigenvalue weighted by Crippen LogP contribution is 2.21. The number of hydrogen-bond donors (Lipinski definition) is 1. The fourth-order valence-corrected chi connectivity index (χ4v) is 4.00. The Kier molecular flexibility index (Phi) is 4.71. The van der Waals surface area contributed by atoms with E-state index in [2.05, 4.69) is 20.2 Å². The molecule has 4 aromatic rings. The number of fused-ring (bicyclic) bond motifs is 1. The van der Waals surface area contributed by atoms with Gasteiger partial charge >= 0.3 is 0 Å². The van der Waals surface area contributed by atoms with Crippen molar-refractivity contribution >= 4 is 20.9 Å². The fourth-order valence-electron chi connectivity index (χ4n) is 3.21. The van der Waals surface area contributed by atoms with Gasteiger partial charge in [-0.05, 0) is 50.6 Å². The van der Waals surface area contributed by atoms with Crippen molar-refractivity contribution in [3.8, 4) is 17.3 Å². The van der Waals surface area contributed by atoms with Gasteiger partial charge in [-0.2, -0.15) is 0 Å². The molecule has 2 N–H and O–H groups in total. The quantitative estimate of drug-likeness (QED) is 0.523. The molecule has 0 saturated heterocycles. The SMILES string of the molecule is Cc1cc2ncn(-c3cccc(-c4nncn4C(C)C)n3)c(=O)c2cc1S(N)(=O)=O. The number of sulfonamides is 1. The van der Waals surface area contributed by atoms with Crippen molar-refractivity contribution in [1.82, 2.24) is 29.3 Å². The molecule has 0 aliphatic rings. The van der Waals surface area contributed by atoms with Crippen molar-refractivity contribution in [3.05, 3.63) is 58.9 Å². The molecule has 0 saturated carbocycles. The van der Waals surface area contributed by atoms with E-state index in [0.717, 1.165) is 0 Å². The topological polar surface area (TPSA) is 139 Å². The van der Waals surface area contributed by atoms with Gasteiger partial charge in [0.25, 0.3) is 5.56 Å². The first-order valence-electron chi connectivity index (χ1n) is 9.09. The van der Waals surface area contributed by atoms with E-state index in [1.54, 1.807) is 31.5 Å². The summed E-state index contributed by atoms with van der Waals surface area (Å²) in [5.41, 5.74) is 0.874. The molecule has 0 fully saturated rings. The van der Waals surface area contributed by atoms with Gasteiger partial charge in [0.1, 0.15) is 24.2 Å². The fraction of sp³-hybridized carbons (Fsp3) is 0.211. The van der Waals surface area contributed by atoms with Crippen LogP contribution < -0.4 is 10.7 Å². The maximum absolute atomic E-state index is 13.1. The lowest BCUT2D eigenvalue weighted by atomic mass is 10.2. The maximum atomic E-state index is 13.1. The van der Waals surface area contributed by atoms with Crippen LogP contribution >= 0.6 is 0 Å². The van der Waals surface area contributed by atoms with Crippen LogP contribution in [0.2, 0.25) is 0 Å². The van der Waals surface area contributed by atoms with Crippen LogP contribution in [0.1, 0.15) is 25.5 Å². The summed E-state index contributed by atoms with van der Waals surface area (Å²) in [6, 6.07) is 8.09. The molecule has 0 aliphatic carbocycles. The summed E-state index contributed by atoms with van der Waals surface area (Å²) in [6.07, 6.45) is 2.98. The lowest BCUT2D eigenvalue weighted by Gasteiger charge is -2.11. The van der Waals surface area contributed by atoms with Gasteiger partial charge in [-0.1, -0.05) is 6.07 Å². The normalized spacial score (nSPS) is 12.0. The summed E-state index contributed by atoms with van der Waals surface area (Å²) in [7, 11) is -3.98. The van der Waals surface area contributed by atoms with Crippen LogP contribution in [-0.4, -0.2) is 37.7 Å². The molecule has 3 heterocycles. The van der Waals surface area contributed by atoms with Crippen LogP contribution in [0.3, 0.4) is 0 Å². The van der Waals surface area contributed by atoms with Gasteiger partial charge in [0, 0.05) is 6.04 Å². The summed E-state index contributed by atoms with van der Waals surface area (Å²) in [5, 5.41) is 13.5. The number of aromatic nitrogens is 6. The van der Waals surface area contributed by atoms with E-state index in [4.69, 9.17) is 5.14 Å². The third kappa shape index (κ3) is 3.37. The van der Waals surface area contributed by atoms with E-state index in [0.29, 0.717) is 28.4 Å². The third-order valence-electron chi connectivity index (χ3n) is 4.70. The number of pyridine rings is 1. The Balaban J connectivity index is 1.90. The molecule has 154 valence electrons. The highest BCUT2D eigenvalue weighted by atomic mass is 32.2. The van der Waals surface area contributed by atoms with E-state index in [9.17, 15) is 13.2 Å². The molecule has 0 amide bonds. The Morgan fingerprint density at radius 2 is 1.90 bits per heavy atom. The average molecular weight is 425 g/mol. The molecule has 4 rings (SSSR count). The van der Waals surface area contributed by atoms with E-state index in [1.165, 1.54) is 23.0 Å². The second-order valence-corrected chi connectivity index (χ2v) is 8.67. The molecule has 0 aliphatic heterocycles. The Bertz CT molecular complexity index is 1440. The molecule has 30 heavy (non-hydrogen) atoms. The molecule has 3 aromatic heterocycles. The van der Waals surface area contributed by atoms with Gasteiger partial charge in [-0.25, -0.2) is 23.5 Å². The Morgan fingerprint density at radius 1 is 1.13 bits per heavy atom. The minimum absolute atomic E-state index is 0.113. The first kappa shape index (κ1) is 19.9. The molecule has 0 bridgehead atoms. The second kappa shape index (κ2) is 7.11. The highest BCUT2D eigenvalue weighted by Gasteiger charge is 2.17. The summed E-state index contributed by atoms with van der Waals surface area (Å²) in [4.78, 5) is 21.8. The standard InChI is InChI=1S/C19H19N7O3S/c1-11(2)25-10-22-24-18(25)14-5-4-6-17(23-14)26-9-21-15-7-12(3)16(30(20,28)29)8-13(15)19(26)27/h4-11H,1-3H3,(H2,20,28,29). The lowest BCUT2D eigenvalue weighted by molar-refractivity contribution is 0.597. The summed E-state index contributed by atoms with van der Waals surface area (Å²) in [5.74, 6) is 0.892. The third-order valence-corrected chi connectivity index (χ3v) is 5.75. The van der Waals surface area contributed by atoms with Crippen LogP contribution in [0.25, 0.3) is 28.2 Å². The van der Waals surface area contributed by atoms with E-state index in [-0.39, 0.29) is 16.3 Å². The van der Waals surface area contributed by atoms with Crippen LogP contribution in [0.5, 0.6) is 0 Å². The molecule has 0 unspecified atom stereocenters. The maximum Gasteiger partial charge on any atom is 0.267 e. The van der Waals surface area contributed by atoms with Crippen molar-refractivity contribution in [2.75, 3.05) is 0 Å². The van der Waals surface area contributed by atoms with Gasteiger partial charge < -0.3 is 4.57 Å². The molecular formula is C19H19N7O3S. The summed E-state index contributed by atoms with van der Waals surface area (Å²) in [6.45, 7) is 5.60. The minimum atomic E-state index is -3.98.